The molecule has 0 unspecified atom stereocenters. The Kier molecular flexibility index (Phi) is 7.72. The normalized spacial score (nSPS) is 10.3. The number of anilines is 1. The highest BCUT2D eigenvalue weighted by Crippen LogP contribution is 2.26. The molecular formula is C25H27NO4. The van der Waals surface area contributed by atoms with Gasteiger partial charge in [-0.2, -0.15) is 0 Å². The summed E-state index contributed by atoms with van der Waals surface area (Å²) in [5.41, 5.74) is 2.39. The van der Waals surface area contributed by atoms with Crippen LogP contribution in [0.5, 0.6) is 17.2 Å². The van der Waals surface area contributed by atoms with E-state index in [0.717, 1.165) is 12.2 Å². The number of hydrogen-bond acceptors (Lipinski definition) is 4. The fourth-order valence-corrected chi connectivity index (χ4v) is 2.99. The number of hydrogen-bond donors (Lipinski definition) is 1. The fourth-order valence-electron chi connectivity index (χ4n) is 2.99. The fraction of sp³-hybridized carbons (Fsp3) is 0.240. The first kappa shape index (κ1) is 21.2. The molecule has 0 aromatic heterocycles. The molecule has 0 bridgehead atoms. The monoisotopic (exact) mass is 405 g/mol. The van der Waals surface area contributed by atoms with E-state index in [4.69, 9.17) is 14.2 Å². The van der Waals surface area contributed by atoms with Crippen LogP contribution in [0.4, 0.5) is 5.69 Å². The summed E-state index contributed by atoms with van der Waals surface area (Å²) >= 11 is 0. The highest BCUT2D eigenvalue weighted by molar-refractivity contribution is 6.06. The highest BCUT2D eigenvalue weighted by atomic mass is 16.5. The van der Waals surface area contributed by atoms with E-state index >= 15 is 0 Å². The zero-order chi connectivity index (χ0) is 21.2. The van der Waals surface area contributed by atoms with E-state index in [1.54, 1.807) is 18.2 Å². The van der Waals surface area contributed by atoms with Gasteiger partial charge in [0.25, 0.3) is 5.91 Å². The largest absolute Gasteiger partial charge is 0.494 e. The molecule has 0 spiro atoms. The van der Waals surface area contributed by atoms with E-state index in [1.165, 1.54) is 5.56 Å². The molecule has 5 nitrogen and oxygen atoms in total. The topological polar surface area (TPSA) is 56.8 Å². The number of rotatable bonds is 10. The second-order valence-corrected chi connectivity index (χ2v) is 6.59. The Morgan fingerprint density at radius 1 is 0.800 bits per heavy atom. The Morgan fingerprint density at radius 3 is 2.20 bits per heavy atom. The van der Waals surface area contributed by atoms with Gasteiger partial charge in [0.1, 0.15) is 17.2 Å². The number of nitrogens with one attached hydrogen (secondary N) is 1. The Balaban J connectivity index is 1.58. The average Bonchev–Trinajstić information content (AvgIpc) is 2.76. The van der Waals surface area contributed by atoms with Crippen LogP contribution < -0.4 is 19.5 Å². The number of amides is 1. The SMILES string of the molecule is CCOc1ccc(C(=O)Nc2ccc(OCCc3ccccc3)cc2)c(OCC)c1. The van der Waals surface area contributed by atoms with Gasteiger partial charge in [-0.3, -0.25) is 4.79 Å². The Morgan fingerprint density at radius 2 is 1.50 bits per heavy atom. The van der Waals surface area contributed by atoms with E-state index < -0.39 is 0 Å². The standard InChI is InChI=1S/C25H27NO4/c1-3-28-22-14-15-23(24(18-22)29-4-2)25(27)26-20-10-12-21(13-11-20)30-17-16-19-8-6-5-7-9-19/h5-15,18H,3-4,16-17H2,1-2H3,(H,26,27). The zero-order valence-electron chi connectivity index (χ0n) is 17.4. The molecule has 0 fully saturated rings. The molecule has 0 aliphatic heterocycles. The molecule has 3 aromatic rings. The third-order valence-corrected chi connectivity index (χ3v) is 4.42. The van der Waals surface area contributed by atoms with Crippen molar-refractivity contribution in [2.24, 2.45) is 0 Å². The second kappa shape index (κ2) is 10.9. The van der Waals surface area contributed by atoms with Gasteiger partial charge in [0, 0.05) is 18.2 Å². The van der Waals surface area contributed by atoms with Crippen molar-refractivity contribution in [1.82, 2.24) is 0 Å². The summed E-state index contributed by atoms with van der Waals surface area (Å²) < 4.78 is 16.9. The maximum atomic E-state index is 12.7. The van der Waals surface area contributed by atoms with Gasteiger partial charge >= 0.3 is 0 Å². The van der Waals surface area contributed by atoms with Gasteiger partial charge in [0.2, 0.25) is 0 Å². The lowest BCUT2D eigenvalue weighted by atomic mass is 10.1. The number of benzene rings is 3. The van der Waals surface area contributed by atoms with E-state index in [9.17, 15) is 4.79 Å². The lowest BCUT2D eigenvalue weighted by Crippen LogP contribution is -2.14. The first-order chi connectivity index (χ1) is 14.7. The smallest absolute Gasteiger partial charge is 0.259 e. The molecule has 0 aliphatic rings. The molecule has 3 rings (SSSR count). The highest BCUT2D eigenvalue weighted by Gasteiger charge is 2.14. The van der Waals surface area contributed by atoms with E-state index in [0.29, 0.717) is 42.6 Å². The maximum Gasteiger partial charge on any atom is 0.259 e. The van der Waals surface area contributed by atoms with E-state index in [2.05, 4.69) is 17.4 Å². The van der Waals surface area contributed by atoms with Crippen LogP contribution in [-0.4, -0.2) is 25.7 Å². The minimum atomic E-state index is -0.237. The molecule has 0 radical (unpaired) electrons. The predicted molar refractivity (Wildman–Crippen MR) is 119 cm³/mol. The van der Waals surface area contributed by atoms with Crippen LogP contribution in [0.1, 0.15) is 29.8 Å². The van der Waals surface area contributed by atoms with Crippen LogP contribution in [0, 0.1) is 0 Å². The molecule has 5 heteroatoms. The molecule has 1 amide bonds. The van der Waals surface area contributed by atoms with Gasteiger partial charge in [0.05, 0.1) is 25.4 Å². The van der Waals surface area contributed by atoms with Gasteiger partial charge in [-0.25, -0.2) is 0 Å². The Hall–Kier alpha value is -3.47. The number of carbonyl (C=O) groups excluding carboxylic acids is 1. The quantitative estimate of drug-likeness (QED) is 0.493. The molecular weight excluding hydrogens is 378 g/mol. The lowest BCUT2D eigenvalue weighted by Gasteiger charge is -2.13. The van der Waals surface area contributed by atoms with Crippen LogP contribution in [0.25, 0.3) is 0 Å². The van der Waals surface area contributed by atoms with Crippen LogP contribution in [0.2, 0.25) is 0 Å². The van der Waals surface area contributed by atoms with E-state index in [1.807, 2.05) is 56.3 Å². The third-order valence-electron chi connectivity index (χ3n) is 4.42. The predicted octanol–water partition coefficient (Wildman–Crippen LogP) is 5.36. The molecule has 3 aromatic carbocycles. The van der Waals surface area contributed by atoms with Crippen LogP contribution in [0.3, 0.4) is 0 Å². The Labute approximate surface area is 177 Å². The molecule has 0 saturated carbocycles. The molecule has 30 heavy (non-hydrogen) atoms. The van der Waals surface area contributed by atoms with Gasteiger partial charge < -0.3 is 19.5 Å². The first-order valence-electron chi connectivity index (χ1n) is 10.2. The van der Waals surface area contributed by atoms with Crippen LogP contribution >= 0.6 is 0 Å². The van der Waals surface area contributed by atoms with Crippen molar-refractivity contribution in [3.63, 3.8) is 0 Å². The van der Waals surface area contributed by atoms with Crippen LogP contribution in [0.15, 0.2) is 72.8 Å². The Bertz CT molecular complexity index is 939. The first-order valence-corrected chi connectivity index (χ1v) is 10.2. The van der Waals surface area contributed by atoms with Crippen molar-refractivity contribution < 1.29 is 19.0 Å². The van der Waals surface area contributed by atoms with E-state index in [-0.39, 0.29) is 5.91 Å². The minimum absolute atomic E-state index is 0.237. The molecule has 0 aliphatic carbocycles. The summed E-state index contributed by atoms with van der Waals surface area (Å²) in [5.74, 6) is 1.70. The summed E-state index contributed by atoms with van der Waals surface area (Å²) in [7, 11) is 0. The average molecular weight is 405 g/mol. The molecule has 0 atom stereocenters. The van der Waals surface area contributed by atoms with Crippen molar-refractivity contribution in [3.8, 4) is 17.2 Å². The summed E-state index contributed by atoms with van der Waals surface area (Å²) in [4.78, 5) is 12.7. The molecule has 0 heterocycles. The zero-order valence-corrected chi connectivity index (χ0v) is 17.4. The summed E-state index contributed by atoms with van der Waals surface area (Å²) in [6.07, 6.45) is 0.845. The molecule has 156 valence electrons. The number of carbonyl (C=O) groups is 1. The number of ether oxygens (including phenoxy) is 3. The summed E-state index contributed by atoms with van der Waals surface area (Å²) in [6, 6.07) is 22.8. The van der Waals surface area contributed by atoms with Gasteiger partial charge in [-0.05, 0) is 55.8 Å². The van der Waals surface area contributed by atoms with Gasteiger partial charge in [0.15, 0.2) is 0 Å². The van der Waals surface area contributed by atoms with Gasteiger partial charge in [-0.1, -0.05) is 30.3 Å². The van der Waals surface area contributed by atoms with Crippen molar-refractivity contribution in [2.45, 2.75) is 20.3 Å². The minimum Gasteiger partial charge on any atom is -0.494 e. The lowest BCUT2D eigenvalue weighted by molar-refractivity contribution is 0.102. The second-order valence-electron chi connectivity index (χ2n) is 6.59. The molecule has 0 saturated heterocycles. The van der Waals surface area contributed by atoms with Crippen molar-refractivity contribution in [1.29, 1.82) is 0 Å². The van der Waals surface area contributed by atoms with Crippen LogP contribution in [-0.2, 0) is 6.42 Å². The molecule has 1 N–H and O–H groups in total. The maximum absolute atomic E-state index is 12.7. The van der Waals surface area contributed by atoms with Crippen molar-refractivity contribution in [2.75, 3.05) is 25.1 Å². The summed E-state index contributed by atoms with van der Waals surface area (Å²) in [6.45, 7) is 5.41. The van der Waals surface area contributed by atoms with Crippen molar-refractivity contribution in [3.05, 3.63) is 83.9 Å². The van der Waals surface area contributed by atoms with Crippen molar-refractivity contribution >= 4 is 11.6 Å². The summed E-state index contributed by atoms with van der Waals surface area (Å²) in [5, 5.41) is 2.90. The van der Waals surface area contributed by atoms with Gasteiger partial charge in [-0.15, -0.1) is 0 Å². The third kappa shape index (κ3) is 6.01.